The van der Waals surface area contributed by atoms with Crippen LogP contribution < -0.4 is 16.0 Å². The molecule has 0 aliphatic carbocycles. The quantitative estimate of drug-likeness (QED) is 0.498. The third-order valence-electron chi connectivity index (χ3n) is 4.75. The average molecular weight is 386 g/mol. The summed E-state index contributed by atoms with van der Waals surface area (Å²) in [4.78, 5) is 16.7. The Morgan fingerprint density at radius 3 is 2.50 bits per heavy atom. The second kappa shape index (κ2) is 9.34. The van der Waals surface area contributed by atoms with Gasteiger partial charge in [-0.3, -0.25) is 4.79 Å². The highest BCUT2D eigenvalue weighted by molar-refractivity contribution is 5.84. The molecule has 1 atom stereocenters. The van der Waals surface area contributed by atoms with Crippen LogP contribution in [0.3, 0.4) is 0 Å². The molecule has 0 radical (unpaired) electrons. The highest BCUT2D eigenvalue weighted by atomic mass is 16.2. The molecule has 152 valence electrons. The normalized spacial score (nSPS) is 13.1. The van der Waals surface area contributed by atoms with E-state index in [1.54, 1.807) is 7.05 Å². The van der Waals surface area contributed by atoms with E-state index in [1.807, 2.05) is 50.6 Å². The number of carbonyl (C=O) groups is 1. The van der Waals surface area contributed by atoms with E-state index in [4.69, 9.17) is 0 Å². The predicted molar refractivity (Wildman–Crippen MR) is 111 cm³/mol. The largest absolute Gasteiger partial charge is 0.359 e. The van der Waals surface area contributed by atoms with E-state index in [-0.39, 0.29) is 11.9 Å². The van der Waals surface area contributed by atoms with Gasteiger partial charge in [-0.15, -0.1) is 10.2 Å². The monoisotopic (exact) mass is 385 g/mol. The van der Waals surface area contributed by atoms with Gasteiger partial charge in [0.2, 0.25) is 5.91 Å². The van der Waals surface area contributed by atoms with Crippen LogP contribution in [0.15, 0.2) is 35.3 Å². The Labute approximate surface area is 166 Å². The van der Waals surface area contributed by atoms with Gasteiger partial charge in [-0.1, -0.05) is 30.3 Å². The summed E-state index contributed by atoms with van der Waals surface area (Å²) in [6, 6.07) is 10.2. The van der Waals surface area contributed by atoms with Crippen LogP contribution in [0.25, 0.3) is 0 Å². The van der Waals surface area contributed by atoms with Gasteiger partial charge < -0.3 is 20.5 Å². The SMILES string of the molecule is CNC(=O)C(C)(C)CNC(=NCc1nnc(C)n1C)NC(C)c1ccccc1. The number of aryl methyl sites for hydroxylation is 1. The second-order valence-electron chi connectivity index (χ2n) is 7.48. The van der Waals surface area contributed by atoms with Gasteiger partial charge >= 0.3 is 0 Å². The topological polar surface area (TPSA) is 96.2 Å². The number of benzene rings is 1. The third kappa shape index (κ3) is 5.55. The summed E-state index contributed by atoms with van der Waals surface area (Å²) in [7, 11) is 3.56. The van der Waals surface area contributed by atoms with Crippen LogP contribution in [-0.4, -0.2) is 40.2 Å². The molecule has 0 saturated carbocycles. The Morgan fingerprint density at radius 1 is 1.25 bits per heavy atom. The Bertz CT molecular complexity index is 811. The number of aromatic nitrogens is 3. The maximum atomic E-state index is 12.1. The molecular weight excluding hydrogens is 354 g/mol. The summed E-state index contributed by atoms with van der Waals surface area (Å²) in [6.07, 6.45) is 0. The summed E-state index contributed by atoms with van der Waals surface area (Å²) in [6.45, 7) is 8.59. The molecule has 1 aromatic carbocycles. The van der Waals surface area contributed by atoms with Crippen LogP contribution in [0, 0.1) is 12.3 Å². The molecule has 2 rings (SSSR count). The number of hydrogen-bond donors (Lipinski definition) is 3. The van der Waals surface area contributed by atoms with Crippen molar-refractivity contribution in [2.75, 3.05) is 13.6 Å². The molecule has 0 fully saturated rings. The first kappa shape index (κ1) is 21.4. The van der Waals surface area contributed by atoms with E-state index in [9.17, 15) is 4.79 Å². The molecule has 1 heterocycles. The van der Waals surface area contributed by atoms with Crippen molar-refractivity contribution in [3.63, 3.8) is 0 Å². The molecule has 1 unspecified atom stereocenters. The van der Waals surface area contributed by atoms with Crippen molar-refractivity contribution in [2.45, 2.75) is 40.3 Å². The molecule has 1 aromatic heterocycles. The number of guanidine groups is 1. The Kier molecular flexibility index (Phi) is 7.14. The van der Waals surface area contributed by atoms with Crippen molar-refractivity contribution in [3.05, 3.63) is 47.5 Å². The number of nitrogens with one attached hydrogen (secondary N) is 3. The average Bonchev–Trinajstić information content (AvgIpc) is 3.01. The van der Waals surface area contributed by atoms with Crippen molar-refractivity contribution in [3.8, 4) is 0 Å². The lowest BCUT2D eigenvalue weighted by Gasteiger charge is -2.25. The minimum Gasteiger partial charge on any atom is -0.359 e. The number of nitrogens with zero attached hydrogens (tertiary/aromatic N) is 4. The molecule has 0 saturated heterocycles. The van der Waals surface area contributed by atoms with E-state index >= 15 is 0 Å². The van der Waals surface area contributed by atoms with Gasteiger partial charge in [0.05, 0.1) is 11.5 Å². The number of aliphatic imine (C=N–C) groups is 1. The third-order valence-corrected chi connectivity index (χ3v) is 4.75. The second-order valence-corrected chi connectivity index (χ2v) is 7.48. The number of carbonyl (C=O) groups excluding carboxylic acids is 1. The van der Waals surface area contributed by atoms with E-state index in [2.05, 4.69) is 50.2 Å². The van der Waals surface area contributed by atoms with E-state index in [0.29, 0.717) is 19.0 Å². The van der Waals surface area contributed by atoms with Crippen LogP contribution in [0.4, 0.5) is 0 Å². The molecule has 8 nitrogen and oxygen atoms in total. The van der Waals surface area contributed by atoms with Gasteiger partial charge in [-0.2, -0.15) is 0 Å². The molecule has 3 N–H and O–H groups in total. The van der Waals surface area contributed by atoms with E-state index in [1.165, 1.54) is 0 Å². The Balaban J connectivity index is 2.15. The van der Waals surface area contributed by atoms with Gasteiger partial charge in [0.15, 0.2) is 11.8 Å². The van der Waals surface area contributed by atoms with Crippen molar-refractivity contribution in [2.24, 2.45) is 17.5 Å². The van der Waals surface area contributed by atoms with Gasteiger partial charge in [-0.05, 0) is 33.3 Å². The van der Waals surface area contributed by atoms with Crippen molar-refractivity contribution in [1.82, 2.24) is 30.7 Å². The Morgan fingerprint density at radius 2 is 1.93 bits per heavy atom. The molecule has 28 heavy (non-hydrogen) atoms. The van der Waals surface area contributed by atoms with Gasteiger partial charge in [0.25, 0.3) is 0 Å². The van der Waals surface area contributed by atoms with Crippen LogP contribution in [0.5, 0.6) is 0 Å². The predicted octanol–water partition coefficient (Wildman–Crippen LogP) is 1.69. The Hall–Kier alpha value is -2.90. The van der Waals surface area contributed by atoms with Crippen molar-refractivity contribution >= 4 is 11.9 Å². The van der Waals surface area contributed by atoms with E-state index in [0.717, 1.165) is 17.2 Å². The molecule has 0 aliphatic heterocycles. The summed E-state index contributed by atoms with van der Waals surface area (Å²) in [5.74, 6) is 2.20. The van der Waals surface area contributed by atoms with Crippen LogP contribution in [0.2, 0.25) is 0 Å². The molecule has 0 spiro atoms. The fourth-order valence-corrected chi connectivity index (χ4v) is 2.64. The number of rotatable bonds is 7. The zero-order chi connectivity index (χ0) is 20.7. The molecule has 8 heteroatoms. The lowest BCUT2D eigenvalue weighted by atomic mass is 9.92. The minimum atomic E-state index is -0.575. The standard InChI is InChI=1S/C20H31N7O/c1-14(16-10-8-7-9-11-16)24-19(23-13-20(3,4)18(28)21-5)22-12-17-26-25-15(2)27(17)6/h7-11,14H,12-13H2,1-6H3,(H,21,28)(H2,22,23,24). The number of hydrogen-bond acceptors (Lipinski definition) is 4. The smallest absolute Gasteiger partial charge is 0.227 e. The molecule has 1 amide bonds. The summed E-state index contributed by atoms with van der Waals surface area (Å²) in [5.41, 5.74) is 0.575. The number of amides is 1. The fourth-order valence-electron chi connectivity index (χ4n) is 2.64. The fraction of sp³-hybridized carbons (Fsp3) is 0.500. The first-order valence-corrected chi connectivity index (χ1v) is 9.41. The van der Waals surface area contributed by atoms with Crippen LogP contribution >= 0.6 is 0 Å². The highest BCUT2D eigenvalue weighted by Crippen LogP contribution is 2.14. The van der Waals surface area contributed by atoms with Gasteiger partial charge in [0.1, 0.15) is 12.4 Å². The zero-order valence-electron chi connectivity index (χ0n) is 17.6. The maximum absolute atomic E-state index is 12.1. The minimum absolute atomic E-state index is 0.0283. The maximum Gasteiger partial charge on any atom is 0.227 e. The molecule has 0 aliphatic rings. The summed E-state index contributed by atoms with van der Waals surface area (Å²) >= 11 is 0. The molecule has 0 bridgehead atoms. The zero-order valence-corrected chi connectivity index (χ0v) is 17.6. The molecule has 2 aromatic rings. The van der Waals surface area contributed by atoms with Crippen molar-refractivity contribution in [1.29, 1.82) is 0 Å². The highest BCUT2D eigenvalue weighted by Gasteiger charge is 2.27. The van der Waals surface area contributed by atoms with E-state index < -0.39 is 5.41 Å². The lowest BCUT2D eigenvalue weighted by Crippen LogP contribution is -2.47. The lowest BCUT2D eigenvalue weighted by molar-refractivity contribution is -0.128. The van der Waals surface area contributed by atoms with Gasteiger partial charge in [-0.25, -0.2) is 4.99 Å². The van der Waals surface area contributed by atoms with Crippen molar-refractivity contribution < 1.29 is 4.79 Å². The summed E-state index contributed by atoms with van der Waals surface area (Å²) < 4.78 is 1.91. The molecular formula is C20H31N7O. The summed E-state index contributed by atoms with van der Waals surface area (Å²) in [5, 5.41) is 17.6. The first-order valence-electron chi connectivity index (χ1n) is 9.41. The van der Waals surface area contributed by atoms with Crippen LogP contribution in [-0.2, 0) is 18.4 Å². The van der Waals surface area contributed by atoms with Crippen LogP contribution in [0.1, 0.15) is 44.0 Å². The van der Waals surface area contributed by atoms with Gasteiger partial charge in [0, 0.05) is 20.6 Å². The first-order chi connectivity index (χ1) is 13.2.